The van der Waals surface area contributed by atoms with Crippen molar-refractivity contribution in [3.05, 3.63) is 37.5 Å². The average molecular weight is 279 g/mol. The second-order valence-corrected chi connectivity index (χ2v) is 5.96. The maximum Gasteiger partial charge on any atom is -0.0208 e. The van der Waals surface area contributed by atoms with Crippen LogP contribution in [0.4, 0.5) is 0 Å². The smallest absolute Gasteiger partial charge is 0.0208 e. The van der Waals surface area contributed by atoms with Crippen molar-refractivity contribution in [3.63, 3.8) is 0 Å². The van der Waals surface area contributed by atoms with Crippen LogP contribution < -0.4 is 0 Å². The van der Waals surface area contributed by atoms with E-state index in [9.17, 15) is 0 Å². The Morgan fingerprint density at radius 1 is 0.950 bits per heavy atom. The van der Waals surface area contributed by atoms with Gasteiger partial charge < -0.3 is 0 Å². The van der Waals surface area contributed by atoms with Crippen LogP contribution in [-0.2, 0) is 0 Å². The fraction of sp³-hybridized carbons (Fsp3) is 0.700. The quantitative estimate of drug-likeness (QED) is 0.462. The van der Waals surface area contributed by atoms with Gasteiger partial charge >= 0.3 is 0 Å². The Hall–Kier alpha value is -0.780. The molecule has 118 valence electrons. The molecule has 0 aromatic heterocycles. The molecule has 0 saturated heterocycles. The van der Waals surface area contributed by atoms with E-state index in [1.165, 1.54) is 44.1 Å². The average Bonchev–Trinajstić information content (AvgIpc) is 2.42. The monoisotopic (exact) mass is 278 g/mol. The van der Waals surface area contributed by atoms with E-state index in [4.69, 9.17) is 0 Å². The zero-order valence-corrected chi connectivity index (χ0v) is 14.6. The van der Waals surface area contributed by atoms with E-state index in [2.05, 4.69) is 47.4 Å². The van der Waals surface area contributed by atoms with Crippen molar-refractivity contribution in [3.8, 4) is 0 Å². The summed E-state index contributed by atoms with van der Waals surface area (Å²) >= 11 is 0. The SMILES string of the molecule is C=C(C)C1CCC(C)CC1.C=CCCC.C=CCCC. The lowest BCUT2D eigenvalue weighted by Gasteiger charge is -2.26. The summed E-state index contributed by atoms with van der Waals surface area (Å²) in [5, 5.41) is 0. The summed E-state index contributed by atoms with van der Waals surface area (Å²) in [6.45, 7) is 19.9. The predicted octanol–water partition coefficient (Wildman–Crippen LogP) is 7.33. The first kappa shape index (κ1) is 21.5. The molecule has 0 aliphatic heterocycles. The summed E-state index contributed by atoms with van der Waals surface area (Å²) in [7, 11) is 0. The van der Waals surface area contributed by atoms with Gasteiger partial charge in [0.15, 0.2) is 0 Å². The van der Waals surface area contributed by atoms with Crippen molar-refractivity contribution in [1.29, 1.82) is 0 Å². The normalized spacial score (nSPS) is 20.6. The van der Waals surface area contributed by atoms with E-state index in [0.717, 1.165) is 24.7 Å². The molecule has 1 rings (SSSR count). The van der Waals surface area contributed by atoms with Gasteiger partial charge in [0.25, 0.3) is 0 Å². The lowest BCUT2D eigenvalue weighted by molar-refractivity contribution is 0.321. The largest absolute Gasteiger partial charge is 0.103 e. The molecule has 0 aromatic rings. The summed E-state index contributed by atoms with van der Waals surface area (Å²) in [4.78, 5) is 0. The molecule has 0 atom stereocenters. The van der Waals surface area contributed by atoms with Gasteiger partial charge in [-0.25, -0.2) is 0 Å². The summed E-state index contributed by atoms with van der Waals surface area (Å²) < 4.78 is 0. The van der Waals surface area contributed by atoms with E-state index in [1.807, 2.05) is 12.2 Å². The van der Waals surface area contributed by atoms with Gasteiger partial charge in [0, 0.05) is 0 Å². The molecule has 0 spiro atoms. The Morgan fingerprint density at radius 3 is 1.55 bits per heavy atom. The maximum absolute atomic E-state index is 4.00. The summed E-state index contributed by atoms with van der Waals surface area (Å²) in [6, 6.07) is 0. The van der Waals surface area contributed by atoms with Gasteiger partial charge in [-0.1, -0.05) is 70.8 Å². The van der Waals surface area contributed by atoms with Crippen LogP contribution in [0, 0.1) is 11.8 Å². The van der Waals surface area contributed by atoms with Gasteiger partial charge in [0.2, 0.25) is 0 Å². The van der Waals surface area contributed by atoms with Crippen molar-refractivity contribution >= 4 is 0 Å². The van der Waals surface area contributed by atoms with Crippen LogP contribution in [0.3, 0.4) is 0 Å². The van der Waals surface area contributed by atoms with Crippen LogP contribution in [0.1, 0.15) is 79.1 Å². The lowest BCUT2D eigenvalue weighted by Crippen LogP contribution is -2.12. The fourth-order valence-electron chi connectivity index (χ4n) is 2.16. The minimum atomic E-state index is 0.844. The lowest BCUT2D eigenvalue weighted by atomic mass is 9.80. The van der Waals surface area contributed by atoms with Crippen LogP contribution in [0.5, 0.6) is 0 Å². The molecule has 0 heterocycles. The zero-order valence-electron chi connectivity index (χ0n) is 14.6. The van der Waals surface area contributed by atoms with E-state index < -0.39 is 0 Å². The first-order valence-corrected chi connectivity index (χ1v) is 8.40. The predicted molar refractivity (Wildman–Crippen MR) is 96.1 cm³/mol. The standard InChI is InChI=1S/C10H18.2C5H10/c1-8(2)10-6-4-9(3)5-7-10;2*1-3-5-4-2/h9-10H,1,4-7H2,2-3H3;2*3H,1,4-5H2,2H3. The third-order valence-corrected chi connectivity index (χ3v) is 3.70. The molecule has 0 N–H and O–H groups in total. The maximum atomic E-state index is 4.00. The van der Waals surface area contributed by atoms with Crippen molar-refractivity contribution < 1.29 is 0 Å². The fourth-order valence-corrected chi connectivity index (χ4v) is 2.16. The number of hydrogen-bond acceptors (Lipinski definition) is 0. The molecular weight excluding hydrogens is 240 g/mol. The van der Waals surface area contributed by atoms with E-state index in [1.54, 1.807) is 0 Å². The molecule has 1 aliphatic carbocycles. The van der Waals surface area contributed by atoms with Crippen LogP contribution >= 0.6 is 0 Å². The molecule has 0 bridgehead atoms. The summed E-state index contributed by atoms with van der Waals surface area (Å²) in [6.07, 6.45) is 14.2. The number of rotatable bonds is 5. The van der Waals surface area contributed by atoms with Crippen molar-refractivity contribution in [2.75, 3.05) is 0 Å². The molecule has 1 aliphatic rings. The molecule has 0 unspecified atom stereocenters. The minimum absolute atomic E-state index is 0.844. The molecule has 0 nitrogen and oxygen atoms in total. The van der Waals surface area contributed by atoms with Crippen LogP contribution in [-0.4, -0.2) is 0 Å². The van der Waals surface area contributed by atoms with Gasteiger partial charge in [-0.05, 0) is 44.4 Å². The van der Waals surface area contributed by atoms with E-state index in [0.29, 0.717) is 0 Å². The van der Waals surface area contributed by atoms with Crippen LogP contribution in [0.25, 0.3) is 0 Å². The highest BCUT2D eigenvalue weighted by Gasteiger charge is 2.17. The third-order valence-electron chi connectivity index (χ3n) is 3.70. The van der Waals surface area contributed by atoms with Gasteiger partial charge in [0.05, 0.1) is 0 Å². The van der Waals surface area contributed by atoms with E-state index >= 15 is 0 Å². The molecule has 0 heteroatoms. The first-order chi connectivity index (χ1) is 9.53. The second-order valence-electron chi connectivity index (χ2n) is 5.96. The Kier molecular flexibility index (Phi) is 17.5. The van der Waals surface area contributed by atoms with Crippen LogP contribution in [0.2, 0.25) is 0 Å². The zero-order chi connectivity index (χ0) is 15.8. The van der Waals surface area contributed by atoms with Crippen molar-refractivity contribution in [1.82, 2.24) is 0 Å². The van der Waals surface area contributed by atoms with Gasteiger partial charge in [-0.3, -0.25) is 0 Å². The molecule has 1 saturated carbocycles. The first-order valence-electron chi connectivity index (χ1n) is 8.40. The van der Waals surface area contributed by atoms with E-state index in [-0.39, 0.29) is 0 Å². The number of unbranched alkanes of at least 4 members (excludes halogenated alkanes) is 2. The Morgan fingerprint density at radius 2 is 1.35 bits per heavy atom. The van der Waals surface area contributed by atoms with Crippen LogP contribution in [0.15, 0.2) is 37.5 Å². The summed E-state index contributed by atoms with van der Waals surface area (Å²) in [5.41, 5.74) is 1.40. The van der Waals surface area contributed by atoms with Crippen molar-refractivity contribution in [2.45, 2.75) is 79.1 Å². The Balaban J connectivity index is 0. The molecule has 1 fully saturated rings. The molecular formula is C20H38. The number of hydrogen-bond donors (Lipinski definition) is 0. The molecule has 20 heavy (non-hydrogen) atoms. The molecule has 0 amide bonds. The Bertz CT molecular complexity index is 218. The summed E-state index contributed by atoms with van der Waals surface area (Å²) in [5.74, 6) is 1.81. The van der Waals surface area contributed by atoms with Gasteiger partial charge in [-0.2, -0.15) is 0 Å². The number of allylic oxidation sites excluding steroid dienone is 3. The highest BCUT2D eigenvalue weighted by molar-refractivity contribution is 4.97. The van der Waals surface area contributed by atoms with Crippen molar-refractivity contribution in [2.24, 2.45) is 11.8 Å². The minimum Gasteiger partial charge on any atom is -0.103 e. The molecule has 0 radical (unpaired) electrons. The third kappa shape index (κ3) is 15.3. The molecule has 0 aromatic carbocycles. The Labute approximate surface area is 129 Å². The topological polar surface area (TPSA) is 0 Å². The highest BCUT2D eigenvalue weighted by atomic mass is 14.2. The highest BCUT2D eigenvalue weighted by Crippen LogP contribution is 2.31. The van der Waals surface area contributed by atoms with Gasteiger partial charge in [0.1, 0.15) is 0 Å². The second kappa shape index (κ2) is 16.3. The van der Waals surface area contributed by atoms with Gasteiger partial charge in [-0.15, -0.1) is 13.2 Å².